The Balaban J connectivity index is 0.000000225. The Hall–Kier alpha value is -1.39. The topological polar surface area (TPSA) is 55.6 Å². The molecule has 0 radical (unpaired) electrons. The van der Waals surface area contributed by atoms with Gasteiger partial charge in [0, 0.05) is 0 Å². The van der Waals surface area contributed by atoms with E-state index in [0.29, 0.717) is 0 Å². The molecule has 0 aromatic heterocycles. The third kappa shape index (κ3) is 4.85. The van der Waals surface area contributed by atoms with Crippen LogP contribution < -0.4 is 5.73 Å². The highest BCUT2D eigenvalue weighted by Crippen LogP contribution is 2.09. The number of likely N-dealkylation sites (tertiary alicyclic amines) is 1. The first-order chi connectivity index (χ1) is 8.65. The Kier molecular flexibility index (Phi) is 6.39. The summed E-state index contributed by atoms with van der Waals surface area (Å²) in [4.78, 5) is 13.3. The molecule has 4 heteroatoms. The molecule has 1 aliphatic rings. The third-order valence-electron chi connectivity index (χ3n) is 2.94. The van der Waals surface area contributed by atoms with Gasteiger partial charge in [-0.25, -0.2) is 0 Å². The molecule has 2 N–H and O–H groups in total. The number of esters is 1. The first-order valence-electron chi connectivity index (χ1n) is 6.22. The van der Waals surface area contributed by atoms with Crippen molar-refractivity contribution in [1.29, 1.82) is 0 Å². The quantitative estimate of drug-likeness (QED) is 0.810. The molecule has 1 atom stereocenters. The van der Waals surface area contributed by atoms with Crippen LogP contribution in [0.15, 0.2) is 30.3 Å². The fourth-order valence-electron chi connectivity index (χ4n) is 1.80. The zero-order valence-electron chi connectivity index (χ0n) is 11.1. The standard InChI is InChI=1S/C9H11NO2.C5H11N/c1-12-9(11)8(10)7-5-3-2-4-6-7;1-6-4-2-3-5-6/h2-6,8H,10H2,1H3;2-5H2,1H3. The van der Waals surface area contributed by atoms with Crippen LogP contribution in [0.2, 0.25) is 0 Å². The van der Waals surface area contributed by atoms with E-state index < -0.39 is 12.0 Å². The summed E-state index contributed by atoms with van der Waals surface area (Å²) in [5.41, 5.74) is 6.34. The maximum Gasteiger partial charge on any atom is 0.327 e. The number of hydrogen-bond acceptors (Lipinski definition) is 4. The Labute approximate surface area is 109 Å². The van der Waals surface area contributed by atoms with Crippen LogP contribution in [0.1, 0.15) is 24.4 Å². The Morgan fingerprint density at radius 3 is 2.22 bits per heavy atom. The molecule has 18 heavy (non-hydrogen) atoms. The molecule has 0 bridgehead atoms. The van der Waals surface area contributed by atoms with Gasteiger partial charge in [0.2, 0.25) is 0 Å². The van der Waals surface area contributed by atoms with E-state index in [1.165, 1.54) is 33.0 Å². The molecule has 100 valence electrons. The van der Waals surface area contributed by atoms with Gasteiger partial charge in [-0.3, -0.25) is 4.79 Å². The highest BCUT2D eigenvalue weighted by atomic mass is 16.5. The molecule has 1 saturated heterocycles. The van der Waals surface area contributed by atoms with Crippen LogP contribution >= 0.6 is 0 Å². The normalized spacial score (nSPS) is 16.6. The minimum Gasteiger partial charge on any atom is -0.468 e. The molecular weight excluding hydrogens is 228 g/mol. The van der Waals surface area contributed by atoms with Gasteiger partial charge in [-0.15, -0.1) is 0 Å². The van der Waals surface area contributed by atoms with Gasteiger partial charge in [0.15, 0.2) is 0 Å². The van der Waals surface area contributed by atoms with Crippen LogP contribution in [0.4, 0.5) is 0 Å². The van der Waals surface area contributed by atoms with Gasteiger partial charge >= 0.3 is 5.97 Å². The minimum absolute atomic E-state index is 0.416. The van der Waals surface area contributed by atoms with Gasteiger partial charge in [-0.05, 0) is 38.5 Å². The Morgan fingerprint density at radius 2 is 1.83 bits per heavy atom. The summed E-state index contributed by atoms with van der Waals surface area (Å²) in [5.74, 6) is -0.416. The lowest BCUT2D eigenvalue weighted by Gasteiger charge is -2.08. The van der Waals surface area contributed by atoms with Gasteiger partial charge in [0.25, 0.3) is 0 Å². The van der Waals surface area contributed by atoms with Crippen molar-refractivity contribution in [2.75, 3.05) is 27.2 Å². The van der Waals surface area contributed by atoms with Gasteiger partial charge < -0.3 is 15.4 Å². The van der Waals surface area contributed by atoms with Crippen molar-refractivity contribution in [2.45, 2.75) is 18.9 Å². The third-order valence-corrected chi connectivity index (χ3v) is 2.94. The van der Waals surface area contributed by atoms with Crippen molar-refractivity contribution in [1.82, 2.24) is 4.90 Å². The number of rotatable bonds is 2. The first-order valence-corrected chi connectivity index (χ1v) is 6.22. The van der Waals surface area contributed by atoms with Gasteiger partial charge in [-0.2, -0.15) is 0 Å². The largest absolute Gasteiger partial charge is 0.468 e. The SMILES string of the molecule is CN1CCCC1.COC(=O)C(N)c1ccccc1. The zero-order valence-corrected chi connectivity index (χ0v) is 11.1. The summed E-state index contributed by atoms with van der Waals surface area (Å²) in [6, 6.07) is 8.45. The van der Waals surface area contributed by atoms with Crippen molar-refractivity contribution in [3.63, 3.8) is 0 Å². The number of carbonyl (C=O) groups is 1. The fourth-order valence-corrected chi connectivity index (χ4v) is 1.80. The van der Waals surface area contributed by atoms with E-state index in [4.69, 9.17) is 5.73 Å². The lowest BCUT2D eigenvalue weighted by Crippen LogP contribution is -2.22. The second-order valence-electron chi connectivity index (χ2n) is 4.42. The van der Waals surface area contributed by atoms with Gasteiger partial charge in [0.1, 0.15) is 6.04 Å². The average molecular weight is 250 g/mol. The second-order valence-corrected chi connectivity index (χ2v) is 4.42. The molecule has 0 amide bonds. The summed E-state index contributed by atoms with van der Waals surface area (Å²) in [6.45, 7) is 2.64. The highest BCUT2D eigenvalue weighted by molar-refractivity contribution is 5.77. The number of carbonyl (C=O) groups excluding carboxylic acids is 1. The summed E-state index contributed by atoms with van der Waals surface area (Å²) in [6.07, 6.45) is 2.83. The molecule has 0 saturated carbocycles. The molecule has 0 aliphatic carbocycles. The molecule has 1 aliphatic heterocycles. The van der Waals surface area contributed by atoms with Crippen molar-refractivity contribution in [2.24, 2.45) is 5.73 Å². The Morgan fingerprint density at radius 1 is 1.28 bits per heavy atom. The molecule has 0 spiro atoms. The monoisotopic (exact) mass is 250 g/mol. The van der Waals surface area contributed by atoms with Crippen molar-refractivity contribution in [3.8, 4) is 0 Å². The molecule has 1 fully saturated rings. The number of methoxy groups -OCH3 is 1. The number of nitrogens with zero attached hydrogens (tertiary/aromatic N) is 1. The smallest absolute Gasteiger partial charge is 0.327 e. The van der Waals surface area contributed by atoms with E-state index in [1.807, 2.05) is 18.2 Å². The number of nitrogens with two attached hydrogens (primary N) is 1. The van der Waals surface area contributed by atoms with Crippen molar-refractivity contribution >= 4 is 5.97 Å². The average Bonchev–Trinajstić information content (AvgIpc) is 2.90. The van der Waals surface area contributed by atoms with E-state index >= 15 is 0 Å². The maximum absolute atomic E-state index is 11.0. The van der Waals surface area contributed by atoms with Gasteiger partial charge in [-0.1, -0.05) is 30.3 Å². The second kappa shape index (κ2) is 7.84. The summed E-state index contributed by atoms with van der Waals surface area (Å²) in [5, 5.41) is 0. The van der Waals surface area contributed by atoms with E-state index in [0.717, 1.165) is 5.56 Å². The highest BCUT2D eigenvalue weighted by Gasteiger charge is 2.14. The maximum atomic E-state index is 11.0. The van der Waals surface area contributed by atoms with Crippen LogP contribution in [-0.4, -0.2) is 38.1 Å². The molecule has 2 rings (SSSR count). The van der Waals surface area contributed by atoms with Crippen molar-refractivity contribution < 1.29 is 9.53 Å². The zero-order chi connectivity index (χ0) is 13.4. The lowest BCUT2D eigenvalue weighted by molar-refractivity contribution is -0.142. The molecule has 1 heterocycles. The fraction of sp³-hybridized carbons (Fsp3) is 0.500. The molecule has 1 unspecified atom stereocenters. The minimum atomic E-state index is -0.670. The predicted octanol–water partition coefficient (Wildman–Crippen LogP) is 1.57. The summed E-state index contributed by atoms with van der Waals surface area (Å²) in [7, 11) is 3.50. The van der Waals surface area contributed by atoms with Crippen molar-refractivity contribution in [3.05, 3.63) is 35.9 Å². The lowest BCUT2D eigenvalue weighted by atomic mass is 10.1. The van der Waals surface area contributed by atoms with Crippen LogP contribution in [0.25, 0.3) is 0 Å². The first kappa shape index (κ1) is 14.7. The summed E-state index contributed by atoms with van der Waals surface area (Å²) >= 11 is 0. The van der Waals surface area contributed by atoms with E-state index in [1.54, 1.807) is 12.1 Å². The van der Waals surface area contributed by atoms with E-state index in [9.17, 15) is 4.79 Å². The van der Waals surface area contributed by atoms with Gasteiger partial charge in [0.05, 0.1) is 7.11 Å². The van der Waals surface area contributed by atoms with E-state index in [2.05, 4.69) is 16.7 Å². The predicted molar refractivity (Wildman–Crippen MR) is 72.1 cm³/mol. The van der Waals surface area contributed by atoms with Crippen LogP contribution in [0, 0.1) is 0 Å². The van der Waals surface area contributed by atoms with Crippen LogP contribution in [0.5, 0.6) is 0 Å². The number of benzene rings is 1. The Bertz CT molecular complexity index is 348. The molecular formula is C14H22N2O2. The molecule has 1 aromatic rings. The molecule has 4 nitrogen and oxygen atoms in total. The van der Waals surface area contributed by atoms with Crippen LogP contribution in [-0.2, 0) is 9.53 Å². The van der Waals surface area contributed by atoms with E-state index in [-0.39, 0.29) is 0 Å². The van der Waals surface area contributed by atoms with Crippen LogP contribution in [0.3, 0.4) is 0 Å². The number of ether oxygens (including phenoxy) is 1. The number of hydrogen-bond donors (Lipinski definition) is 1. The molecule has 1 aromatic carbocycles. The summed E-state index contributed by atoms with van der Waals surface area (Å²) < 4.78 is 4.50.